The molecule has 3 rings (SSSR count). The molecular weight excluding hydrogens is 320 g/mol. The molecule has 0 aromatic heterocycles. The quantitative estimate of drug-likeness (QED) is 0.339. The molecule has 2 aliphatic heterocycles. The van der Waals surface area contributed by atoms with E-state index >= 15 is 0 Å². The molecule has 2 fully saturated rings. The van der Waals surface area contributed by atoms with E-state index in [1.807, 2.05) is 20.8 Å². The topological polar surface area (TPSA) is 65.1 Å². The first-order valence-electron chi connectivity index (χ1n) is 9.21. The first-order valence-corrected chi connectivity index (χ1v) is 9.21. The van der Waals surface area contributed by atoms with E-state index in [1.165, 1.54) is 5.57 Å². The summed E-state index contributed by atoms with van der Waals surface area (Å²) in [5, 5.41) is 0. The fourth-order valence-corrected chi connectivity index (χ4v) is 3.75. The van der Waals surface area contributed by atoms with Gasteiger partial charge in [-0.3, -0.25) is 4.79 Å². The Morgan fingerprint density at radius 1 is 1.52 bits per heavy atom. The number of carbonyl (C=O) groups excluding carboxylic acids is 2. The van der Waals surface area contributed by atoms with Gasteiger partial charge in [0.25, 0.3) is 0 Å². The molecule has 5 nitrogen and oxygen atoms in total. The van der Waals surface area contributed by atoms with Crippen molar-refractivity contribution in [3.05, 3.63) is 23.8 Å². The van der Waals surface area contributed by atoms with Crippen LogP contribution in [0.25, 0.3) is 0 Å². The molecule has 25 heavy (non-hydrogen) atoms. The van der Waals surface area contributed by atoms with Crippen LogP contribution in [-0.2, 0) is 23.8 Å². The standard InChI is InChI=1S/C20H28O5/c1-6-12(3)18(21)23-15-10-8-11(2)7-9-14-13(4)19(22)24-16(14)17-20(15,5)25-17/h8,12,14-17H,4,6-7,9-10H2,1-3,5H3/b11-8+/t12-,14+,15+,16+,17-,20-/m1/s1. The van der Waals surface area contributed by atoms with Gasteiger partial charge in [-0.05, 0) is 33.1 Å². The number of fused-ring (bicyclic) bond motifs is 3. The van der Waals surface area contributed by atoms with Gasteiger partial charge in [-0.25, -0.2) is 4.79 Å². The maximum Gasteiger partial charge on any atom is 0.334 e. The summed E-state index contributed by atoms with van der Waals surface area (Å²) >= 11 is 0. The van der Waals surface area contributed by atoms with E-state index < -0.39 is 5.60 Å². The Morgan fingerprint density at radius 2 is 2.24 bits per heavy atom. The predicted octanol–water partition coefficient (Wildman–Crippen LogP) is 3.33. The van der Waals surface area contributed by atoms with E-state index in [-0.39, 0.29) is 42.1 Å². The van der Waals surface area contributed by atoms with E-state index in [2.05, 4.69) is 19.6 Å². The average Bonchev–Trinajstić information content (AvgIpc) is 3.19. The number of hydrogen-bond donors (Lipinski definition) is 0. The lowest BCUT2D eigenvalue weighted by Crippen LogP contribution is -2.39. The zero-order chi connectivity index (χ0) is 18.4. The van der Waals surface area contributed by atoms with Crippen LogP contribution in [0.2, 0.25) is 0 Å². The minimum absolute atomic E-state index is 0.0355. The monoisotopic (exact) mass is 348 g/mol. The van der Waals surface area contributed by atoms with Gasteiger partial charge in [0.05, 0.1) is 5.92 Å². The lowest BCUT2D eigenvalue weighted by Gasteiger charge is -2.26. The van der Waals surface area contributed by atoms with Gasteiger partial charge < -0.3 is 14.2 Å². The Hall–Kier alpha value is -1.62. The highest BCUT2D eigenvalue weighted by atomic mass is 16.7. The van der Waals surface area contributed by atoms with Gasteiger partial charge in [0.1, 0.15) is 23.9 Å². The number of rotatable bonds is 3. The Bertz CT molecular complexity index is 622. The molecule has 138 valence electrons. The van der Waals surface area contributed by atoms with Crippen LogP contribution in [0, 0.1) is 11.8 Å². The number of ether oxygens (including phenoxy) is 3. The molecule has 0 unspecified atom stereocenters. The highest BCUT2D eigenvalue weighted by molar-refractivity contribution is 5.91. The molecule has 0 spiro atoms. The molecule has 0 bridgehead atoms. The third-order valence-corrected chi connectivity index (χ3v) is 5.98. The van der Waals surface area contributed by atoms with E-state index in [4.69, 9.17) is 14.2 Å². The second-order valence-corrected chi connectivity index (χ2v) is 7.78. The minimum Gasteiger partial charge on any atom is -0.459 e. The second-order valence-electron chi connectivity index (χ2n) is 7.78. The summed E-state index contributed by atoms with van der Waals surface area (Å²) in [6.07, 6.45) is 4.22. The largest absolute Gasteiger partial charge is 0.459 e. The normalized spacial score (nSPS) is 40.9. The van der Waals surface area contributed by atoms with Gasteiger partial charge in [-0.15, -0.1) is 0 Å². The summed E-state index contributed by atoms with van der Waals surface area (Å²) < 4.78 is 17.4. The fourth-order valence-electron chi connectivity index (χ4n) is 3.75. The Morgan fingerprint density at radius 3 is 2.92 bits per heavy atom. The SMILES string of the molecule is C=C1C(=O)O[C@@H]2[C@H]3O[C@]3(C)[C@@H](OC(=O)[C@H](C)CC)C/C=C(\C)CC[C@@H]12. The Labute approximate surface area is 149 Å². The minimum atomic E-state index is -0.620. The zero-order valence-electron chi connectivity index (χ0n) is 15.5. The molecule has 1 aliphatic carbocycles. The fraction of sp³-hybridized carbons (Fsp3) is 0.700. The van der Waals surface area contributed by atoms with Crippen molar-refractivity contribution in [3.63, 3.8) is 0 Å². The van der Waals surface area contributed by atoms with Gasteiger partial charge >= 0.3 is 11.9 Å². The first-order chi connectivity index (χ1) is 11.8. The number of carbonyl (C=O) groups is 2. The summed E-state index contributed by atoms with van der Waals surface area (Å²) in [7, 11) is 0. The molecule has 0 aromatic rings. The number of esters is 2. The Balaban J connectivity index is 1.85. The molecule has 3 aliphatic rings. The van der Waals surface area contributed by atoms with Crippen LogP contribution in [0.4, 0.5) is 0 Å². The third kappa shape index (κ3) is 3.26. The van der Waals surface area contributed by atoms with Crippen molar-refractivity contribution < 1.29 is 23.8 Å². The maximum atomic E-state index is 12.3. The third-order valence-electron chi connectivity index (χ3n) is 5.98. The van der Waals surface area contributed by atoms with E-state index in [0.29, 0.717) is 12.0 Å². The van der Waals surface area contributed by atoms with Crippen LogP contribution in [0.5, 0.6) is 0 Å². The van der Waals surface area contributed by atoms with Gasteiger partial charge in [-0.2, -0.15) is 0 Å². The Kier molecular flexibility index (Phi) is 4.80. The molecule has 2 saturated heterocycles. The van der Waals surface area contributed by atoms with Crippen LogP contribution in [0.1, 0.15) is 53.4 Å². The summed E-state index contributed by atoms with van der Waals surface area (Å²) in [5.41, 5.74) is 1.13. The summed E-state index contributed by atoms with van der Waals surface area (Å²) in [6, 6.07) is 0. The van der Waals surface area contributed by atoms with Crippen molar-refractivity contribution in [3.8, 4) is 0 Å². The molecule has 0 radical (unpaired) electrons. The van der Waals surface area contributed by atoms with Crippen molar-refractivity contribution in [2.24, 2.45) is 11.8 Å². The molecule has 5 heteroatoms. The summed E-state index contributed by atoms with van der Waals surface area (Å²) in [6.45, 7) is 11.8. The lowest BCUT2D eigenvalue weighted by molar-refractivity contribution is -0.157. The summed E-state index contributed by atoms with van der Waals surface area (Å²) in [5.74, 6) is -0.706. The molecule has 0 amide bonds. The number of epoxide rings is 1. The van der Waals surface area contributed by atoms with Crippen molar-refractivity contribution >= 4 is 11.9 Å². The molecule has 6 atom stereocenters. The van der Waals surface area contributed by atoms with Crippen LogP contribution in [-0.4, -0.2) is 35.9 Å². The van der Waals surface area contributed by atoms with Gasteiger partial charge in [0.2, 0.25) is 0 Å². The van der Waals surface area contributed by atoms with Gasteiger partial charge in [0.15, 0.2) is 0 Å². The lowest BCUT2D eigenvalue weighted by atomic mass is 9.83. The van der Waals surface area contributed by atoms with Crippen LogP contribution >= 0.6 is 0 Å². The highest BCUT2D eigenvalue weighted by Crippen LogP contribution is 2.50. The van der Waals surface area contributed by atoms with Crippen LogP contribution in [0.3, 0.4) is 0 Å². The van der Waals surface area contributed by atoms with Crippen molar-refractivity contribution in [2.45, 2.75) is 77.3 Å². The van der Waals surface area contributed by atoms with Crippen molar-refractivity contribution in [1.29, 1.82) is 0 Å². The predicted molar refractivity (Wildman–Crippen MR) is 92.7 cm³/mol. The average molecular weight is 348 g/mol. The maximum absolute atomic E-state index is 12.3. The first kappa shape index (κ1) is 18.2. The molecule has 0 aromatic carbocycles. The van der Waals surface area contributed by atoms with Crippen molar-refractivity contribution in [2.75, 3.05) is 0 Å². The van der Waals surface area contributed by atoms with Crippen LogP contribution in [0.15, 0.2) is 23.8 Å². The molecule has 2 heterocycles. The molecular formula is C20H28O5. The van der Waals surface area contributed by atoms with Gasteiger partial charge in [0, 0.05) is 17.9 Å². The van der Waals surface area contributed by atoms with Gasteiger partial charge in [-0.1, -0.05) is 32.1 Å². The molecule has 0 N–H and O–H groups in total. The highest BCUT2D eigenvalue weighted by Gasteiger charge is 2.66. The van der Waals surface area contributed by atoms with Crippen molar-refractivity contribution in [1.82, 2.24) is 0 Å². The second kappa shape index (κ2) is 6.60. The zero-order valence-corrected chi connectivity index (χ0v) is 15.5. The van der Waals surface area contributed by atoms with Crippen LogP contribution < -0.4 is 0 Å². The molecule has 0 saturated carbocycles. The summed E-state index contributed by atoms with van der Waals surface area (Å²) in [4.78, 5) is 24.3. The van der Waals surface area contributed by atoms with E-state index in [0.717, 1.165) is 19.3 Å². The number of allylic oxidation sites excluding steroid dienone is 1. The van der Waals surface area contributed by atoms with E-state index in [1.54, 1.807) is 0 Å². The smallest absolute Gasteiger partial charge is 0.334 e. The van der Waals surface area contributed by atoms with E-state index in [9.17, 15) is 9.59 Å². The number of hydrogen-bond acceptors (Lipinski definition) is 5.